The summed E-state index contributed by atoms with van der Waals surface area (Å²) in [6, 6.07) is 5.72. The predicted octanol–water partition coefficient (Wildman–Crippen LogP) is 4.80. The molecule has 0 aliphatic rings. The Morgan fingerprint density at radius 2 is 1.45 bits per heavy atom. The van der Waals surface area contributed by atoms with Crippen molar-refractivity contribution < 1.29 is 29.0 Å². The smallest absolute Gasteiger partial charge is 0.312 e. The van der Waals surface area contributed by atoms with Gasteiger partial charge in [0.25, 0.3) is 0 Å². The molecule has 11 nitrogen and oxygen atoms in total. The number of hydrogen-bond donors (Lipinski definition) is 6. The van der Waals surface area contributed by atoms with Crippen molar-refractivity contribution in [3.8, 4) is 0 Å². The topological polar surface area (TPSA) is 172 Å². The summed E-state index contributed by atoms with van der Waals surface area (Å²) in [6.45, 7) is 20.9. The van der Waals surface area contributed by atoms with E-state index in [1.165, 1.54) is 6.42 Å². The van der Waals surface area contributed by atoms with E-state index in [0.29, 0.717) is 17.8 Å². The van der Waals surface area contributed by atoms with Crippen molar-refractivity contribution in [2.75, 3.05) is 18.4 Å². The molecule has 1 aromatic carbocycles. The van der Waals surface area contributed by atoms with Crippen molar-refractivity contribution in [2.24, 2.45) is 17.6 Å². The van der Waals surface area contributed by atoms with Crippen LogP contribution in [0.15, 0.2) is 24.3 Å². The first kappa shape index (κ1) is 44.2. The number of carbonyl (C=O) groups excluding carboxylic acids is 3. The molecule has 0 bridgehead atoms. The molecule has 0 saturated heterocycles. The van der Waals surface area contributed by atoms with E-state index >= 15 is 0 Å². The summed E-state index contributed by atoms with van der Waals surface area (Å²) in [6.07, 6.45) is 0.895. The molecule has 0 heterocycles. The molecule has 1 aromatic rings. The normalized spacial score (nSPS) is 9.93. The monoisotopic (exact) mass is 631 g/mol. The Hall–Kier alpha value is -2.78. The van der Waals surface area contributed by atoms with E-state index in [-0.39, 0.29) is 36.9 Å². The van der Waals surface area contributed by atoms with Gasteiger partial charge >= 0.3 is 140 Å². The fourth-order valence-corrected chi connectivity index (χ4v) is 2.94. The molecule has 1 atom stereocenters. The van der Waals surface area contributed by atoms with E-state index in [1.54, 1.807) is 24.3 Å². The SMILES string of the molecule is CC.CC.CC(C)C(N[As])C(=O)NCC(=O)Nc1ccc(COC(=O)O)cc1.CCC(C)C.CCCNC(N)=O. The van der Waals surface area contributed by atoms with Gasteiger partial charge in [0.2, 0.25) is 0 Å². The van der Waals surface area contributed by atoms with Gasteiger partial charge in [-0.25, -0.2) is 9.59 Å². The maximum atomic E-state index is 11.9. The molecule has 12 heteroatoms. The van der Waals surface area contributed by atoms with Crippen LogP contribution in [0.2, 0.25) is 0 Å². The Morgan fingerprint density at radius 3 is 1.77 bits per heavy atom. The van der Waals surface area contributed by atoms with Crippen LogP contribution >= 0.6 is 0 Å². The Labute approximate surface area is 250 Å². The first-order valence-corrected chi connectivity index (χ1v) is 14.8. The number of benzene rings is 1. The average Bonchev–Trinajstić information content (AvgIpc) is 2.93. The first-order valence-electron chi connectivity index (χ1n) is 13.8. The minimum Gasteiger partial charge on any atom is -0.352 e. The Balaban J connectivity index is -0.000000333. The van der Waals surface area contributed by atoms with Crippen LogP contribution in [-0.2, 0) is 20.9 Å². The van der Waals surface area contributed by atoms with Crippen LogP contribution in [-0.4, -0.2) is 65.3 Å². The predicted molar refractivity (Wildman–Crippen MR) is 164 cm³/mol. The van der Waals surface area contributed by atoms with Crippen molar-refractivity contribution in [1.82, 2.24) is 14.9 Å². The fourth-order valence-electron chi connectivity index (χ4n) is 2.07. The average molecular weight is 632 g/mol. The second-order valence-corrected chi connectivity index (χ2v) is 9.00. The molecule has 1 unspecified atom stereocenters. The summed E-state index contributed by atoms with van der Waals surface area (Å²) in [7, 11) is 0. The molecule has 2 radical (unpaired) electrons. The van der Waals surface area contributed by atoms with Crippen molar-refractivity contribution >= 4 is 46.8 Å². The van der Waals surface area contributed by atoms with E-state index in [2.05, 4.69) is 62.8 Å². The van der Waals surface area contributed by atoms with Crippen LogP contribution in [0.5, 0.6) is 0 Å². The number of rotatable bonds is 11. The third kappa shape index (κ3) is 29.8. The molecule has 4 amide bonds. The molecule has 0 fully saturated rings. The minimum atomic E-state index is -1.34. The number of nitrogens with one attached hydrogen (secondary N) is 4. The van der Waals surface area contributed by atoms with Crippen molar-refractivity contribution in [3.05, 3.63) is 29.8 Å². The number of carbonyl (C=O) groups is 4. The number of anilines is 1. The molecule has 1 rings (SSSR count). The zero-order chi connectivity index (χ0) is 32.1. The number of ether oxygens (including phenoxy) is 1. The largest absolute Gasteiger partial charge is 0.352 e. The summed E-state index contributed by atoms with van der Waals surface area (Å²) in [5.74, 6) is 0.375. The van der Waals surface area contributed by atoms with Crippen LogP contribution in [0.1, 0.15) is 87.6 Å². The summed E-state index contributed by atoms with van der Waals surface area (Å²) in [4.78, 5) is 43.9. The van der Waals surface area contributed by atoms with E-state index in [4.69, 9.17) is 10.8 Å². The van der Waals surface area contributed by atoms with Gasteiger partial charge in [-0.05, 0) is 12.3 Å². The Kier molecular flexibility index (Phi) is 34.0. The third-order valence-corrected chi connectivity index (χ3v) is 5.06. The molecule has 0 aliphatic carbocycles. The van der Waals surface area contributed by atoms with Gasteiger partial charge < -0.3 is 20.9 Å². The number of primary amides is 1. The van der Waals surface area contributed by atoms with E-state index in [1.807, 2.05) is 48.5 Å². The van der Waals surface area contributed by atoms with E-state index in [0.717, 1.165) is 12.3 Å². The molecule has 232 valence electrons. The first-order chi connectivity index (χ1) is 18.9. The number of urea groups is 1. The van der Waals surface area contributed by atoms with Gasteiger partial charge in [-0.1, -0.05) is 61.8 Å². The zero-order valence-electron chi connectivity index (χ0n) is 26.1. The quantitative estimate of drug-likeness (QED) is 0.150. The number of hydrogen-bond acceptors (Lipinski definition) is 6. The maximum Gasteiger partial charge on any atom is 0.312 e. The van der Waals surface area contributed by atoms with Gasteiger partial charge in [-0.15, -0.1) is 0 Å². The van der Waals surface area contributed by atoms with Crippen LogP contribution in [0, 0.1) is 11.8 Å². The molecule has 0 aliphatic heterocycles. The van der Waals surface area contributed by atoms with Crippen LogP contribution < -0.4 is 25.9 Å². The van der Waals surface area contributed by atoms with Gasteiger partial charge in [0.15, 0.2) is 0 Å². The maximum absolute atomic E-state index is 11.9. The molecule has 0 aromatic heterocycles. The zero-order valence-corrected chi connectivity index (χ0v) is 28.0. The summed E-state index contributed by atoms with van der Waals surface area (Å²) in [5.41, 5.74) is 5.93. The van der Waals surface area contributed by atoms with E-state index < -0.39 is 12.2 Å². The summed E-state index contributed by atoms with van der Waals surface area (Å²) >= 11 is 2.15. The van der Waals surface area contributed by atoms with Gasteiger partial charge in [0, 0.05) is 6.54 Å². The summed E-state index contributed by atoms with van der Waals surface area (Å²) < 4.78 is 7.28. The molecular formula is C28H54AsN5O6. The van der Waals surface area contributed by atoms with Gasteiger partial charge in [-0.2, -0.15) is 0 Å². The van der Waals surface area contributed by atoms with Crippen LogP contribution in [0.3, 0.4) is 0 Å². The Morgan fingerprint density at radius 1 is 0.950 bits per heavy atom. The number of carboxylic acid groups (broad SMARTS) is 1. The second kappa shape index (κ2) is 30.8. The van der Waals surface area contributed by atoms with Crippen LogP contribution in [0.25, 0.3) is 0 Å². The molecule has 40 heavy (non-hydrogen) atoms. The Bertz CT molecular complexity index is 777. The van der Waals surface area contributed by atoms with E-state index in [9.17, 15) is 19.2 Å². The number of nitrogens with two attached hydrogens (primary N) is 1. The van der Waals surface area contributed by atoms with Gasteiger partial charge in [0.05, 0.1) is 0 Å². The molecule has 0 saturated carbocycles. The standard InChI is InChI=1S/C15H20AsN3O5.C5H12.C4H10N2O.2C2H6/c1-9(2)13(19-16)14(21)17-7-12(20)18-11-5-3-10(4-6-11)8-24-15(22)23;1-4-5(2)3;1-2-3-6-4(5)7;2*1-2/h3-6,9,13,19H,7-8H2,1-2H3,(H,17,21)(H,18,20)(H,22,23);5H,4H2,1-3H3;2-3H2,1H3,(H3,5,6,7);2*1-2H3. The summed E-state index contributed by atoms with van der Waals surface area (Å²) in [5, 5.41) is 16.1. The fraction of sp³-hybridized carbons (Fsp3) is 0.643. The van der Waals surface area contributed by atoms with Gasteiger partial charge in [0.1, 0.15) is 0 Å². The van der Waals surface area contributed by atoms with Crippen molar-refractivity contribution in [3.63, 3.8) is 0 Å². The van der Waals surface area contributed by atoms with Crippen LogP contribution in [0.4, 0.5) is 15.3 Å². The molecular weight excluding hydrogens is 577 g/mol. The number of amides is 4. The second-order valence-electron chi connectivity index (χ2n) is 8.46. The minimum absolute atomic E-state index is 0.0568. The van der Waals surface area contributed by atoms with Gasteiger partial charge in [-0.3, -0.25) is 0 Å². The molecule has 7 N–H and O–H groups in total. The van der Waals surface area contributed by atoms with Crippen molar-refractivity contribution in [2.45, 2.75) is 94.7 Å². The third-order valence-electron chi connectivity index (χ3n) is 4.48. The van der Waals surface area contributed by atoms with Crippen molar-refractivity contribution in [1.29, 1.82) is 0 Å². The molecule has 0 spiro atoms.